The SMILES string of the molecule is CCCNC(CCN1CCCN(C)CC1)C(=O)OC. The molecule has 1 aliphatic rings. The summed E-state index contributed by atoms with van der Waals surface area (Å²) in [5.74, 6) is -0.139. The predicted octanol–water partition coefficient (Wildman–Crippen LogP) is 0.555. The number of methoxy groups -OCH3 is 1. The molecule has 0 aromatic carbocycles. The molecule has 1 fully saturated rings. The van der Waals surface area contributed by atoms with Crippen molar-refractivity contribution >= 4 is 5.97 Å². The van der Waals surface area contributed by atoms with E-state index in [1.165, 1.54) is 20.1 Å². The molecule has 0 saturated carbocycles. The first-order valence-corrected chi connectivity index (χ1v) is 7.39. The second kappa shape index (κ2) is 9.28. The van der Waals surface area contributed by atoms with Gasteiger partial charge in [-0.25, -0.2) is 0 Å². The molecule has 1 saturated heterocycles. The van der Waals surface area contributed by atoms with Gasteiger partial charge in [0.1, 0.15) is 6.04 Å². The molecule has 19 heavy (non-hydrogen) atoms. The van der Waals surface area contributed by atoms with Gasteiger partial charge in [-0.2, -0.15) is 0 Å². The van der Waals surface area contributed by atoms with Crippen molar-refractivity contribution < 1.29 is 9.53 Å². The number of carbonyl (C=O) groups excluding carboxylic acids is 1. The lowest BCUT2D eigenvalue weighted by Gasteiger charge is -2.23. The minimum absolute atomic E-state index is 0.139. The Bertz CT molecular complexity index is 261. The summed E-state index contributed by atoms with van der Waals surface area (Å²) in [7, 11) is 3.63. The molecule has 1 N–H and O–H groups in total. The van der Waals surface area contributed by atoms with Gasteiger partial charge >= 0.3 is 5.97 Å². The second-order valence-corrected chi connectivity index (χ2v) is 5.32. The number of rotatable bonds is 7. The number of esters is 1. The Morgan fingerprint density at radius 3 is 2.79 bits per heavy atom. The number of nitrogens with zero attached hydrogens (tertiary/aromatic N) is 2. The zero-order valence-electron chi connectivity index (χ0n) is 12.7. The zero-order chi connectivity index (χ0) is 14.1. The molecular weight excluding hydrogens is 242 g/mol. The lowest BCUT2D eigenvalue weighted by Crippen LogP contribution is -2.41. The molecule has 0 bridgehead atoms. The standard InChI is InChI=1S/C14H29N3O2/c1-4-7-15-13(14(18)19-3)6-10-17-9-5-8-16(2)11-12-17/h13,15H,4-12H2,1-3H3. The summed E-state index contributed by atoms with van der Waals surface area (Å²) in [6, 6.07) is -0.161. The van der Waals surface area contributed by atoms with Crippen LogP contribution in [0, 0.1) is 0 Å². The highest BCUT2D eigenvalue weighted by molar-refractivity contribution is 5.75. The monoisotopic (exact) mass is 271 g/mol. The number of nitrogens with one attached hydrogen (secondary N) is 1. The van der Waals surface area contributed by atoms with E-state index >= 15 is 0 Å². The van der Waals surface area contributed by atoms with Gasteiger partial charge in [-0.3, -0.25) is 4.79 Å². The number of ether oxygens (including phenoxy) is 1. The van der Waals surface area contributed by atoms with Crippen molar-refractivity contribution in [3.63, 3.8) is 0 Å². The Hall–Kier alpha value is -0.650. The highest BCUT2D eigenvalue weighted by Gasteiger charge is 2.20. The molecule has 0 radical (unpaired) electrons. The molecular formula is C14H29N3O2. The van der Waals surface area contributed by atoms with Gasteiger partial charge in [0.15, 0.2) is 0 Å². The smallest absolute Gasteiger partial charge is 0.322 e. The van der Waals surface area contributed by atoms with Gasteiger partial charge in [0.25, 0.3) is 0 Å². The summed E-state index contributed by atoms with van der Waals surface area (Å²) in [6.07, 6.45) is 3.07. The van der Waals surface area contributed by atoms with Crippen LogP contribution in [0.2, 0.25) is 0 Å². The van der Waals surface area contributed by atoms with Crippen molar-refractivity contribution in [2.45, 2.75) is 32.2 Å². The van der Waals surface area contributed by atoms with Crippen LogP contribution < -0.4 is 5.32 Å². The fourth-order valence-electron chi connectivity index (χ4n) is 2.40. The number of carbonyl (C=O) groups is 1. The Labute approximate surface area is 117 Å². The van der Waals surface area contributed by atoms with Crippen LogP contribution in [0.5, 0.6) is 0 Å². The molecule has 112 valence electrons. The summed E-state index contributed by atoms with van der Waals surface area (Å²) in [5.41, 5.74) is 0. The molecule has 0 aromatic heterocycles. The Balaban J connectivity index is 2.35. The average Bonchev–Trinajstić information content (AvgIpc) is 2.63. The van der Waals surface area contributed by atoms with E-state index in [9.17, 15) is 4.79 Å². The molecule has 1 atom stereocenters. The third-order valence-electron chi connectivity index (χ3n) is 3.67. The van der Waals surface area contributed by atoms with E-state index in [-0.39, 0.29) is 12.0 Å². The van der Waals surface area contributed by atoms with Crippen LogP contribution in [-0.4, -0.2) is 75.2 Å². The Morgan fingerprint density at radius 2 is 2.11 bits per heavy atom. The van der Waals surface area contributed by atoms with Gasteiger partial charge in [0, 0.05) is 19.6 Å². The largest absolute Gasteiger partial charge is 0.468 e. The minimum Gasteiger partial charge on any atom is -0.468 e. The Kier molecular flexibility index (Phi) is 8.02. The Morgan fingerprint density at radius 1 is 1.32 bits per heavy atom. The maximum absolute atomic E-state index is 11.7. The molecule has 1 unspecified atom stereocenters. The molecule has 0 aromatic rings. The topological polar surface area (TPSA) is 44.8 Å². The van der Waals surface area contributed by atoms with E-state index in [0.717, 1.165) is 45.6 Å². The van der Waals surface area contributed by atoms with Crippen molar-refractivity contribution in [2.24, 2.45) is 0 Å². The van der Waals surface area contributed by atoms with E-state index in [1.807, 2.05) is 0 Å². The number of likely N-dealkylation sites (N-methyl/N-ethyl adjacent to an activating group) is 1. The van der Waals surface area contributed by atoms with Crippen molar-refractivity contribution in [2.75, 3.05) is 53.4 Å². The third kappa shape index (κ3) is 6.36. The van der Waals surface area contributed by atoms with Crippen molar-refractivity contribution in [3.8, 4) is 0 Å². The molecule has 0 aliphatic carbocycles. The van der Waals surface area contributed by atoms with Crippen molar-refractivity contribution in [1.82, 2.24) is 15.1 Å². The van der Waals surface area contributed by atoms with Crippen LogP contribution in [0.4, 0.5) is 0 Å². The van der Waals surface area contributed by atoms with Crippen LogP contribution in [0.3, 0.4) is 0 Å². The van der Waals surface area contributed by atoms with Crippen LogP contribution in [0.1, 0.15) is 26.2 Å². The van der Waals surface area contributed by atoms with Gasteiger partial charge in [0.2, 0.25) is 0 Å². The first-order chi connectivity index (χ1) is 9.17. The summed E-state index contributed by atoms with van der Waals surface area (Å²) in [6.45, 7) is 8.44. The maximum atomic E-state index is 11.7. The fraction of sp³-hybridized carbons (Fsp3) is 0.929. The quantitative estimate of drug-likeness (QED) is 0.685. The van der Waals surface area contributed by atoms with Crippen LogP contribution in [0.15, 0.2) is 0 Å². The summed E-state index contributed by atoms with van der Waals surface area (Å²) in [4.78, 5) is 16.5. The van der Waals surface area contributed by atoms with E-state index in [1.54, 1.807) is 0 Å². The predicted molar refractivity (Wildman–Crippen MR) is 77.3 cm³/mol. The first kappa shape index (κ1) is 16.4. The molecule has 1 rings (SSSR count). The van der Waals surface area contributed by atoms with Gasteiger partial charge in [-0.1, -0.05) is 6.92 Å². The van der Waals surface area contributed by atoms with Crippen molar-refractivity contribution in [3.05, 3.63) is 0 Å². The van der Waals surface area contributed by atoms with Gasteiger partial charge < -0.3 is 19.9 Å². The van der Waals surface area contributed by atoms with Crippen LogP contribution >= 0.6 is 0 Å². The van der Waals surface area contributed by atoms with E-state index < -0.39 is 0 Å². The van der Waals surface area contributed by atoms with Gasteiger partial charge in [-0.05, 0) is 45.9 Å². The van der Waals surface area contributed by atoms with Gasteiger partial charge in [-0.15, -0.1) is 0 Å². The molecule has 5 nitrogen and oxygen atoms in total. The molecule has 1 aliphatic heterocycles. The summed E-state index contributed by atoms with van der Waals surface area (Å²) in [5, 5.41) is 3.27. The number of hydrogen-bond acceptors (Lipinski definition) is 5. The fourth-order valence-corrected chi connectivity index (χ4v) is 2.40. The normalized spacial score (nSPS) is 19.9. The molecule has 0 amide bonds. The van der Waals surface area contributed by atoms with Crippen molar-refractivity contribution in [1.29, 1.82) is 0 Å². The maximum Gasteiger partial charge on any atom is 0.322 e. The minimum atomic E-state index is -0.161. The van der Waals surface area contributed by atoms with Crippen LogP contribution in [-0.2, 0) is 9.53 Å². The highest BCUT2D eigenvalue weighted by Crippen LogP contribution is 2.04. The third-order valence-corrected chi connectivity index (χ3v) is 3.67. The number of hydrogen-bond donors (Lipinski definition) is 1. The second-order valence-electron chi connectivity index (χ2n) is 5.32. The summed E-state index contributed by atoms with van der Waals surface area (Å²) < 4.78 is 4.86. The highest BCUT2D eigenvalue weighted by atomic mass is 16.5. The van der Waals surface area contributed by atoms with E-state index in [2.05, 4.69) is 29.1 Å². The summed E-state index contributed by atoms with van der Waals surface area (Å²) >= 11 is 0. The first-order valence-electron chi connectivity index (χ1n) is 7.39. The van der Waals surface area contributed by atoms with E-state index in [0.29, 0.717) is 0 Å². The van der Waals surface area contributed by atoms with Gasteiger partial charge in [0.05, 0.1) is 7.11 Å². The molecule has 5 heteroatoms. The average molecular weight is 271 g/mol. The van der Waals surface area contributed by atoms with Crippen LogP contribution in [0.25, 0.3) is 0 Å². The molecule has 0 spiro atoms. The lowest BCUT2D eigenvalue weighted by molar-refractivity contribution is -0.143. The van der Waals surface area contributed by atoms with E-state index in [4.69, 9.17) is 4.74 Å². The lowest BCUT2D eigenvalue weighted by atomic mass is 10.2. The zero-order valence-corrected chi connectivity index (χ0v) is 12.7. The molecule has 1 heterocycles.